The van der Waals surface area contributed by atoms with Gasteiger partial charge in [-0.3, -0.25) is 9.59 Å². The highest BCUT2D eigenvalue weighted by Crippen LogP contribution is 2.66. The van der Waals surface area contributed by atoms with Gasteiger partial charge in [0, 0.05) is 13.7 Å². The maximum absolute atomic E-state index is 12.2. The molecule has 0 aromatic heterocycles. The second-order valence-electron chi connectivity index (χ2n) is 9.07. The van der Waals surface area contributed by atoms with Crippen LogP contribution in [0.15, 0.2) is 11.6 Å². The first-order valence-electron chi connectivity index (χ1n) is 10.0. The van der Waals surface area contributed by atoms with E-state index in [1.807, 2.05) is 6.08 Å². The van der Waals surface area contributed by atoms with Crippen LogP contribution in [0.4, 0.5) is 0 Å². The molecule has 3 fully saturated rings. The molecule has 3 saturated carbocycles. The summed E-state index contributed by atoms with van der Waals surface area (Å²) in [5, 5.41) is 0. The summed E-state index contributed by atoms with van der Waals surface area (Å²) in [6.45, 7) is 6.45. The number of hydrogen-bond donors (Lipinski definition) is 0. The van der Waals surface area contributed by atoms with Crippen molar-refractivity contribution in [2.75, 3.05) is 0 Å². The highest BCUT2D eigenvalue weighted by molar-refractivity contribution is 5.91. The highest BCUT2D eigenvalue weighted by Gasteiger charge is 2.59. The molecule has 23 heavy (non-hydrogen) atoms. The topological polar surface area (TPSA) is 34.1 Å². The Hall–Kier alpha value is -0.920. The summed E-state index contributed by atoms with van der Waals surface area (Å²) in [6, 6.07) is 0. The summed E-state index contributed by atoms with van der Waals surface area (Å²) in [6.07, 6.45) is 8.55. The molecule has 2 nitrogen and oxygen atoms in total. The summed E-state index contributed by atoms with van der Waals surface area (Å²) < 4.78 is 8.85. The van der Waals surface area contributed by atoms with Crippen molar-refractivity contribution in [1.29, 1.82) is 0 Å². The van der Waals surface area contributed by atoms with E-state index in [1.165, 1.54) is 5.57 Å². The lowest BCUT2D eigenvalue weighted by atomic mass is 9.47. The fourth-order valence-corrected chi connectivity index (χ4v) is 6.89. The summed E-state index contributed by atoms with van der Waals surface area (Å²) in [5.41, 5.74) is 1.48. The monoisotopic (exact) mass is 316 g/mol. The lowest BCUT2D eigenvalue weighted by Gasteiger charge is -2.58. The number of hydrogen-bond acceptors (Lipinski definition) is 2. The lowest BCUT2D eigenvalue weighted by Crippen LogP contribution is -2.51. The van der Waals surface area contributed by atoms with Crippen LogP contribution in [0.5, 0.6) is 0 Å². The van der Waals surface area contributed by atoms with E-state index in [1.54, 1.807) is 6.92 Å². The zero-order valence-corrected chi connectivity index (χ0v) is 14.7. The number of Topliss-reactive ketones (excluding diaryl/α,β-unsaturated/α-hetero) is 1. The molecule has 0 bridgehead atoms. The van der Waals surface area contributed by atoms with Crippen LogP contribution in [0.2, 0.25) is 0 Å². The van der Waals surface area contributed by atoms with Gasteiger partial charge in [0.15, 0.2) is 5.78 Å². The number of allylic oxidation sites excluding steroid dienone is 1. The van der Waals surface area contributed by atoms with E-state index in [0.29, 0.717) is 30.0 Å². The first kappa shape index (κ1) is 14.4. The molecule has 0 heterocycles. The van der Waals surface area contributed by atoms with Crippen molar-refractivity contribution in [1.82, 2.24) is 0 Å². The van der Waals surface area contributed by atoms with Gasteiger partial charge in [-0.2, -0.15) is 0 Å². The Bertz CT molecular complexity index is 623. The second kappa shape index (κ2) is 5.04. The Labute approximate surface area is 141 Å². The molecule has 0 N–H and O–H groups in total. The van der Waals surface area contributed by atoms with E-state index >= 15 is 0 Å². The first-order chi connectivity index (χ1) is 11.3. The van der Waals surface area contributed by atoms with Gasteiger partial charge in [-0.25, -0.2) is 0 Å². The fraction of sp³-hybridized carbons (Fsp3) is 0.810. The van der Waals surface area contributed by atoms with E-state index < -0.39 is 0 Å². The predicted octanol–water partition coefficient (Wildman–Crippen LogP) is 4.72. The molecule has 0 radical (unpaired) electrons. The van der Waals surface area contributed by atoms with E-state index in [2.05, 4.69) is 13.8 Å². The first-order valence-corrected chi connectivity index (χ1v) is 9.44. The number of carbonyl (C=O) groups excluding carboxylic acids is 2. The SMILES string of the molecule is [3H][C@@H]1CC2=CC(=O)CC[C@]2(C)[C@H]2CC[C@]3(C)[C@@H](C(C)=O)CC[C@H]3[C@H]12. The van der Waals surface area contributed by atoms with Crippen molar-refractivity contribution in [2.45, 2.75) is 72.1 Å². The molecule has 0 aliphatic heterocycles. The Morgan fingerprint density at radius 3 is 2.70 bits per heavy atom. The third kappa shape index (κ3) is 2.06. The predicted molar refractivity (Wildman–Crippen MR) is 90.9 cm³/mol. The zero-order chi connectivity index (χ0) is 17.3. The molecule has 0 saturated heterocycles. The molecular formula is C21H30O2. The Kier molecular flexibility index (Phi) is 3.16. The van der Waals surface area contributed by atoms with E-state index in [4.69, 9.17) is 1.37 Å². The van der Waals surface area contributed by atoms with Crippen LogP contribution in [0, 0.1) is 34.5 Å². The third-order valence-electron chi connectivity index (χ3n) is 8.21. The number of rotatable bonds is 1. The molecular weight excluding hydrogens is 284 g/mol. The van der Waals surface area contributed by atoms with E-state index in [9.17, 15) is 9.59 Å². The minimum absolute atomic E-state index is 0.101. The molecule has 4 aliphatic carbocycles. The van der Waals surface area contributed by atoms with Gasteiger partial charge in [0.2, 0.25) is 0 Å². The van der Waals surface area contributed by atoms with Crippen molar-refractivity contribution in [3.05, 3.63) is 11.6 Å². The molecule has 0 aromatic carbocycles. The largest absolute Gasteiger partial charge is 0.300 e. The van der Waals surface area contributed by atoms with Crippen LogP contribution in [-0.2, 0) is 9.59 Å². The van der Waals surface area contributed by atoms with Gasteiger partial charge in [0.05, 0.1) is 0 Å². The van der Waals surface area contributed by atoms with Gasteiger partial charge < -0.3 is 0 Å². The van der Waals surface area contributed by atoms with Crippen molar-refractivity contribution in [3.8, 4) is 0 Å². The normalized spacial score (nSPS) is 52.8. The van der Waals surface area contributed by atoms with Crippen LogP contribution in [0.25, 0.3) is 0 Å². The van der Waals surface area contributed by atoms with Crippen LogP contribution in [-0.4, -0.2) is 11.6 Å². The zero-order valence-electron chi connectivity index (χ0n) is 15.7. The Morgan fingerprint density at radius 1 is 1.17 bits per heavy atom. The number of fused-ring (bicyclic) bond motifs is 5. The summed E-state index contributed by atoms with van der Waals surface area (Å²) >= 11 is 0. The van der Waals surface area contributed by atoms with Crippen LogP contribution < -0.4 is 0 Å². The average Bonchev–Trinajstić information content (AvgIpc) is 2.86. The molecule has 4 aliphatic rings. The molecule has 0 amide bonds. The smallest absolute Gasteiger partial charge is 0.155 e. The molecule has 0 unspecified atom stereocenters. The number of ketones is 2. The van der Waals surface area contributed by atoms with Crippen LogP contribution in [0.1, 0.15) is 73.5 Å². The number of carbonyl (C=O) groups is 2. The molecule has 0 aromatic rings. The summed E-state index contributed by atoms with van der Waals surface area (Å²) in [5.74, 6) is 2.26. The Balaban J connectivity index is 1.72. The molecule has 2 heteroatoms. The lowest BCUT2D eigenvalue weighted by molar-refractivity contribution is -0.128. The standard InChI is InChI=1S/C21H30O2/c1-13(22)17-6-7-18-16-5-4-14-12-15(23)8-10-20(14,2)19(16)9-11-21(17,18)3/h12,16-19H,4-11H2,1-3H3/t16-,17+,18-,19-,20-,21+/m0/s1/i5T/t5-,16+,17-,18+,19+,20+,21-/m1. The maximum Gasteiger partial charge on any atom is 0.155 e. The highest BCUT2D eigenvalue weighted by atomic mass is 16.1. The van der Waals surface area contributed by atoms with Crippen LogP contribution in [0.3, 0.4) is 0 Å². The third-order valence-corrected chi connectivity index (χ3v) is 8.21. The van der Waals surface area contributed by atoms with E-state index in [-0.39, 0.29) is 28.9 Å². The van der Waals surface area contributed by atoms with Crippen molar-refractivity contribution < 1.29 is 11.0 Å². The van der Waals surface area contributed by atoms with Gasteiger partial charge >= 0.3 is 0 Å². The van der Waals surface area contributed by atoms with E-state index in [0.717, 1.165) is 38.5 Å². The fourth-order valence-electron chi connectivity index (χ4n) is 6.89. The van der Waals surface area contributed by atoms with Gasteiger partial charge in [0.25, 0.3) is 0 Å². The summed E-state index contributed by atoms with van der Waals surface area (Å²) in [7, 11) is 0. The van der Waals surface area contributed by atoms with Crippen molar-refractivity contribution >= 4 is 11.6 Å². The minimum atomic E-state index is -0.101. The average molecular weight is 316 g/mol. The molecule has 4 rings (SSSR count). The Morgan fingerprint density at radius 2 is 1.96 bits per heavy atom. The molecule has 126 valence electrons. The summed E-state index contributed by atoms with van der Waals surface area (Å²) in [4.78, 5) is 24.1. The van der Waals surface area contributed by atoms with Crippen molar-refractivity contribution in [2.24, 2.45) is 34.5 Å². The molecule has 7 atom stereocenters. The van der Waals surface area contributed by atoms with Crippen molar-refractivity contribution in [3.63, 3.8) is 0 Å². The van der Waals surface area contributed by atoms with Crippen LogP contribution >= 0.6 is 0 Å². The maximum atomic E-state index is 12.2. The van der Waals surface area contributed by atoms with Gasteiger partial charge in [0.1, 0.15) is 5.78 Å². The minimum Gasteiger partial charge on any atom is -0.300 e. The van der Waals surface area contributed by atoms with Gasteiger partial charge in [-0.1, -0.05) is 19.4 Å². The molecule has 0 spiro atoms. The second-order valence-corrected chi connectivity index (χ2v) is 9.07. The quantitative estimate of drug-likeness (QED) is 0.701. The van der Waals surface area contributed by atoms with Gasteiger partial charge in [-0.15, -0.1) is 0 Å². The van der Waals surface area contributed by atoms with Gasteiger partial charge in [-0.05, 0) is 86.5 Å².